The Hall–Kier alpha value is -1.12. The third-order valence-electron chi connectivity index (χ3n) is 4.65. The summed E-state index contributed by atoms with van der Waals surface area (Å²) < 4.78 is 15.9. The number of oxime groups is 1. The van der Waals surface area contributed by atoms with E-state index in [9.17, 15) is 0 Å². The molecule has 0 radical (unpaired) electrons. The van der Waals surface area contributed by atoms with Crippen LogP contribution in [0.4, 0.5) is 0 Å². The molecule has 7 heteroatoms. The third kappa shape index (κ3) is 6.76. The lowest BCUT2D eigenvalue weighted by Crippen LogP contribution is -2.54. The molecule has 0 amide bonds. The number of rotatable bonds is 11. The minimum Gasteiger partial charge on any atom is -0.393 e. The average molecular weight is 397 g/mol. The first-order valence-electron chi connectivity index (χ1n) is 9.34. The molecule has 1 aromatic rings. The Bertz CT molecular complexity index is 572. The lowest BCUT2D eigenvalue weighted by atomic mass is 9.90. The molecule has 1 aromatic carbocycles. The van der Waals surface area contributed by atoms with E-state index in [2.05, 4.69) is 54.4 Å². The molecule has 0 N–H and O–H groups in total. The highest BCUT2D eigenvalue weighted by Crippen LogP contribution is 2.24. The molecule has 1 aliphatic rings. The summed E-state index contributed by atoms with van der Waals surface area (Å²) in [7, 11) is 1.66. The van der Waals surface area contributed by atoms with Crippen molar-refractivity contribution in [3.05, 3.63) is 29.8 Å². The number of ether oxygens (including phenoxy) is 3. The van der Waals surface area contributed by atoms with Gasteiger partial charge in [-0.3, -0.25) is 4.90 Å². The van der Waals surface area contributed by atoms with Crippen LogP contribution in [-0.2, 0) is 19.0 Å². The number of methoxy groups -OCH3 is 1. The molecule has 6 nitrogen and oxygen atoms in total. The number of thioether (sulfide) groups is 1. The van der Waals surface area contributed by atoms with Crippen LogP contribution < -0.4 is 0 Å². The summed E-state index contributed by atoms with van der Waals surface area (Å²) in [4.78, 5) is 9.25. The van der Waals surface area contributed by atoms with Crippen molar-refractivity contribution in [3.63, 3.8) is 0 Å². The lowest BCUT2D eigenvalue weighted by Gasteiger charge is -2.41. The highest BCUT2D eigenvalue weighted by Gasteiger charge is 2.35. The SMILES string of the molecule is COCCOCCON=C(c1ccc(SC)cc1)C(C)(C)N1CCOCC1. The van der Waals surface area contributed by atoms with Crippen molar-refractivity contribution < 1.29 is 19.0 Å². The second kappa shape index (κ2) is 11.7. The van der Waals surface area contributed by atoms with Gasteiger partial charge >= 0.3 is 0 Å². The molecule has 0 spiro atoms. The summed E-state index contributed by atoms with van der Waals surface area (Å²) in [6.45, 7) is 9.69. The molecule has 1 heterocycles. The maximum Gasteiger partial charge on any atom is 0.140 e. The maximum absolute atomic E-state index is 5.62. The lowest BCUT2D eigenvalue weighted by molar-refractivity contribution is 0.00654. The first kappa shape index (κ1) is 22.2. The molecule has 152 valence electrons. The minimum absolute atomic E-state index is 0.262. The number of hydrogen-bond donors (Lipinski definition) is 0. The fourth-order valence-electron chi connectivity index (χ4n) is 2.99. The molecule has 1 aliphatic heterocycles. The minimum atomic E-state index is -0.262. The van der Waals surface area contributed by atoms with Gasteiger partial charge in [-0.1, -0.05) is 17.3 Å². The summed E-state index contributed by atoms with van der Waals surface area (Å²) in [6.07, 6.45) is 2.08. The Morgan fingerprint density at radius 3 is 2.41 bits per heavy atom. The van der Waals surface area contributed by atoms with E-state index in [0.29, 0.717) is 26.4 Å². The second-order valence-electron chi connectivity index (χ2n) is 6.77. The van der Waals surface area contributed by atoms with Crippen LogP contribution in [-0.4, -0.2) is 82.2 Å². The van der Waals surface area contributed by atoms with Gasteiger partial charge in [-0.2, -0.15) is 0 Å². The van der Waals surface area contributed by atoms with Crippen LogP contribution >= 0.6 is 11.8 Å². The summed E-state index contributed by atoms with van der Waals surface area (Å²) in [5.41, 5.74) is 1.74. The van der Waals surface area contributed by atoms with Crippen LogP contribution in [0.3, 0.4) is 0 Å². The largest absolute Gasteiger partial charge is 0.393 e. The Morgan fingerprint density at radius 2 is 1.78 bits per heavy atom. The number of hydrogen-bond acceptors (Lipinski definition) is 7. The smallest absolute Gasteiger partial charge is 0.140 e. The van der Waals surface area contributed by atoms with E-state index in [1.54, 1.807) is 18.9 Å². The molecule has 0 saturated carbocycles. The van der Waals surface area contributed by atoms with E-state index in [4.69, 9.17) is 19.0 Å². The molecule has 0 bridgehead atoms. The van der Waals surface area contributed by atoms with Gasteiger partial charge in [0.05, 0.1) is 38.6 Å². The van der Waals surface area contributed by atoms with E-state index in [-0.39, 0.29) is 5.54 Å². The number of benzene rings is 1. The van der Waals surface area contributed by atoms with E-state index in [1.165, 1.54) is 4.90 Å². The average Bonchev–Trinajstić information content (AvgIpc) is 2.71. The molecule has 27 heavy (non-hydrogen) atoms. The van der Waals surface area contributed by atoms with Crippen LogP contribution in [0.25, 0.3) is 0 Å². The van der Waals surface area contributed by atoms with E-state index in [0.717, 1.165) is 37.6 Å². The predicted molar refractivity (Wildman–Crippen MR) is 110 cm³/mol. The van der Waals surface area contributed by atoms with Gasteiger partial charge in [-0.15, -0.1) is 11.8 Å². The zero-order chi connectivity index (χ0) is 19.5. The van der Waals surface area contributed by atoms with Gasteiger partial charge < -0.3 is 19.0 Å². The van der Waals surface area contributed by atoms with Crippen LogP contribution in [0.5, 0.6) is 0 Å². The molecule has 1 fully saturated rings. The van der Waals surface area contributed by atoms with Gasteiger partial charge in [0.15, 0.2) is 0 Å². The Morgan fingerprint density at radius 1 is 1.11 bits per heavy atom. The van der Waals surface area contributed by atoms with Gasteiger partial charge in [-0.25, -0.2) is 0 Å². The van der Waals surface area contributed by atoms with Crippen LogP contribution in [0.2, 0.25) is 0 Å². The second-order valence-corrected chi connectivity index (χ2v) is 7.64. The van der Waals surface area contributed by atoms with Gasteiger partial charge in [0.25, 0.3) is 0 Å². The van der Waals surface area contributed by atoms with Crippen molar-refractivity contribution in [2.45, 2.75) is 24.3 Å². The van der Waals surface area contributed by atoms with E-state index in [1.807, 2.05) is 0 Å². The standard InChI is InChI=1S/C20H32N2O4S/c1-20(2,22-9-11-24-12-10-22)19(17-5-7-18(27-4)8-6-17)21-26-16-15-25-14-13-23-3/h5-8H,9-16H2,1-4H3. The zero-order valence-electron chi connectivity index (χ0n) is 16.9. The highest BCUT2D eigenvalue weighted by atomic mass is 32.2. The Balaban J connectivity index is 2.10. The topological polar surface area (TPSA) is 52.5 Å². The van der Waals surface area contributed by atoms with Gasteiger partial charge in [0.2, 0.25) is 0 Å². The first-order chi connectivity index (χ1) is 13.1. The summed E-state index contributed by atoms with van der Waals surface area (Å²) in [5.74, 6) is 0. The van der Waals surface area contributed by atoms with Crippen LogP contribution in [0.15, 0.2) is 34.3 Å². The van der Waals surface area contributed by atoms with Crippen LogP contribution in [0, 0.1) is 0 Å². The fraction of sp³-hybridized carbons (Fsp3) is 0.650. The monoisotopic (exact) mass is 396 g/mol. The maximum atomic E-state index is 5.62. The van der Waals surface area contributed by atoms with E-state index < -0.39 is 0 Å². The fourth-order valence-corrected chi connectivity index (χ4v) is 3.40. The molecule has 0 atom stereocenters. The first-order valence-corrected chi connectivity index (χ1v) is 10.6. The molecule has 0 unspecified atom stereocenters. The van der Waals surface area contributed by atoms with E-state index >= 15 is 0 Å². The quantitative estimate of drug-likeness (QED) is 0.248. The van der Waals surface area contributed by atoms with Gasteiger partial charge in [-0.05, 0) is 32.2 Å². The number of nitrogens with zero attached hydrogens (tertiary/aromatic N) is 2. The van der Waals surface area contributed by atoms with Crippen LogP contribution in [0.1, 0.15) is 19.4 Å². The highest BCUT2D eigenvalue weighted by molar-refractivity contribution is 7.98. The summed E-state index contributed by atoms with van der Waals surface area (Å²) in [5, 5.41) is 4.53. The van der Waals surface area contributed by atoms with Crippen molar-refractivity contribution >= 4 is 17.5 Å². The van der Waals surface area contributed by atoms with Crippen molar-refractivity contribution in [1.82, 2.24) is 4.90 Å². The molecule has 2 rings (SSSR count). The summed E-state index contributed by atoms with van der Waals surface area (Å²) >= 11 is 1.73. The van der Waals surface area contributed by atoms with Gasteiger partial charge in [0.1, 0.15) is 12.3 Å². The molecule has 0 aromatic heterocycles. The van der Waals surface area contributed by atoms with Gasteiger partial charge in [0, 0.05) is 30.7 Å². The van der Waals surface area contributed by atoms with Crippen molar-refractivity contribution in [3.8, 4) is 0 Å². The molecular formula is C20H32N2O4S. The van der Waals surface area contributed by atoms with Crippen molar-refractivity contribution in [2.75, 3.05) is 66.1 Å². The zero-order valence-corrected chi connectivity index (χ0v) is 17.7. The number of morpholine rings is 1. The summed E-state index contributed by atoms with van der Waals surface area (Å²) in [6, 6.07) is 8.48. The third-order valence-corrected chi connectivity index (χ3v) is 5.39. The van der Waals surface area contributed by atoms with Crippen molar-refractivity contribution in [2.24, 2.45) is 5.16 Å². The predicted octanol–water partition coefficient (Wildman–Crippen LogP) is 2.90. The normalized spacial score (nSPS) is 16.5. The molecule has 1 saturated heterocycles. The molecule has 0 aliphatic carbocycles. The Labute approximate surface area is 167 Å². The van der Waals surface area contributed by atoms with Crippen molar-refractivity contribution in [1.29, 1.82) is 0 Å². The molecular weight excluding hydrogens is 364 g/mol. The Kier molecular flexibility index (Phi) is 9.58.